The molecule has 3 rings (SSSR count). The monoisotopic (exact) mass is 430 g/mol. The van der Waals surface area contributed by atoms with E-state index in [9.17, 15) is 14.7 Å². The first-order valence-electron chi connectivity index (χ1n) is 10.2. The third-order valence-electron chi connectivity index (χ3n) is 5.13. The molecule has 2 aromatic carbocycles. The van der Waals surface area contributed by atoms with Gasteiger partial charge in [-0.05, 0) is 55.2 Å². The summed E-state index contributed by atoms with van der Waals surface area (Å²) in [6, 6.07) is 14.0. The second-order valence-corrected chi connectivity index (χ2v) is 7.47. The van der Waals surface area contributed by atoms with Crippen LogP contribution in [-0.2, 0) is 4.79 Å². The minimum atomic E-state index is -1.07. The number of anilines is 2. The van der Waals surface area contributed by atoms with Crippen LogP contribution in [0.5, 0.6) is 0 Å². The first kappa shape index (κ1) is 22.7. The lowest BCUT2D eigenvalue weighted by atomic mass is 10.0. The molecule has 0 bridgehead atoms. The van der Waals surface area contributed by atoms with Crippen molar-refractivity contribution in [2.75, 3.05) is 11.9 Å². The maximum atomic E-state index is 12.6. The molecular formula is C25H26N4O3. The summed E-state index contributed by atoms with van der Waals surface area (Å²) >= 11 is 0. The molecule has 1 unspecified atom stereocenters. The Labute approximate surface area is 187 Å². The van der Waals surface area contributed by atoms with Crippen LogP contribution in [0.2, 0.25) is 0 Å². The van der Waals surface area contributed by atoms with Gasteiger partial charge in [-0.2, -0.15) is 0 Å². The zero-order valence-corrected chi connectivity index (χ0v) is 18.3. The van der Waals surface area contributed by atoms with Crippen molar-refractivity contribution >= 4 is 29.6 Å². The van der Waals surface area contributed by atoms with Crippen LogP contribution < -0.4 is 10.2 Å². The Morgan fingerprint density at radius 3 is 2.25 bits per heavy atom. The molecule has 0 aliphatic heterocycles. The van der Waals surface area contributed by atoms with Gasteiger partial charge < -0.3 is 15.3 Å². The van der Waals surface area contributed by atoms with Crippen LogP contribution in [-0.4, -0.2) is 40.0 Å². The molecule has 0 aliphatic rings. The van der Waals surface area contributed by atoms with E-state index in [0.717, 1.165) is 22.4 Å². The number of aromatic nitrogens is 2. The highest BCUT2D eigenvalue weighted by Crippen LogP contribution is 2.20. The van der Waals surface area contributed by atoms with Crippen molar-refractivity contribution in [2.24, 2.45) is 0 Å². The maximum Gasteiger partial charge on any atom is 0.326 e. The third kappa shape index (κ3) is 5.57. The van der Waals surface area contributed by atoms with Gasteiger partial charge in [-0.1, -0.05) is 42.5 Å². The van der Waals surface area contributed by atoms with Gasteiger partial charge in [0.05, 0.1) is 0 Å². The van der Waals surface area contributed by atoms with Gasteiger partial charge in [-0.3, -0.25) is 4.79 Å². The van der Waals surface area contributed by atoms with Crippen molar-refractivity contribution in [2.45, 2.75) is 26.3 Å². The summed E-state index contributed by atoms with van der Waals surface area (Å²) in [6.07, 6.45) is 7.14. The summed E-state index contributed by atoms with van der Waals surface area (Å²) in [5.74, 6) is -0.856. The molecule has 1 amide bonds. The molecule has 32 heavy (non-hydrogen) atoms. The number of carbonyl (C=O) groups is 2. The zero-order valence-electron chi connectivity index (χ0n) is 18.3. The van der Waals surface area contributed by atoms with Gasteiger partial charge in [0, 0.05) is 30.7 Å². The number of aryl methyl sites for hydroxylation is 2. The summed E-state index contributed by atoms with van der Waals surface area (Å²) in [5.41, 5.74) is 3.99. The Hall–Kier alpha value is -4.00. The van der Waals surface area contributed by atoms with E-state index in [-0.39, 0.29) is 12.3 Å². The molecule has 1 aromatic heterocycles. The molecule has 0 spiro atoms. The third-order valence-corrected chi connectivity index (χ3v) is 5.13. The van der Waals surface area contributed by atoms with E-state index in [1.165, 1.54) is 0 Å². The molecule has 2 N–H and O–H groups in total. The normalized spacial score (nSPS) is 11.8. The lowest BCUT2D eigenvalue weighted by Crippen LogP contribution is -2.40. The summed E-state index contributed by atoms with van der Waals surface area (Å²) < 4.78 is 0. The van der Waals surface area contributed by atoms with Gasteiger partial charge >= 0.3 is 5.97 Å². The van der Waals surface area contributed by atoms with Gasteiger partial charge in [0.25, 0.3) is 5.91 Å². The number of rotatable bonds is 8. The Morgan fingerprint density at radius 1 is 1.03 bits per heavy atom. The van der Waals surface area contributed by atoms with Crippen molar-refractivity contribution in [3.05, 3.63) is 89.3 Å². The largest absolute Gasteiger partial charge is 0.480 e. The molecular weight excluding hydrogens is 404 g/mol. The Balaban J connectivity index is 1.64. The quantitative estimate of drug-likeness (QED) is 0.557. The Kier molecular flexibility index (Phi) is 7.33. The standard InChI is InChI=1S/C25H26N4O3/c1-17-7-4-8-18(2)22(17)23(30)28-21(24(31)32)10-5-9-19-11-13-20(14-12-19)29(3)25-26-15-6-16-27-25/h4-9,11-16,21H,10H2,1-3H3,(H,28,30)(H,31,32)/b9-5+. The second-order valence-electron chi connectivity index (χ2n) is 7.47. The van der Waals surface area contributed by atoms with E-state index in [0.29, 0.717) is 11.5 Å². The topological polar surface area (TPSA) is 95.4 Å². The molecule has 0 fully saturated rings. The first-order valence-corrected chi connectivity index (χ1v) is 10.2. The molecule has 3 aromatic rings. The molecule has 7 nitrogen and oxygen atoms in total. The van der Waals surface area contributed by atoms with Gasteiger partial charge in [0.1, 0.15) is 6.04 Å². The fourth-order valence-corrected chi connectivity index (χ4v) is 3.35. The minimum absolute atomic E-state index is 0.172. The summed E-state index contributed by atoms with van der Waals surface area (Å²) in [4.78, 5) is 34.6. The average Bonchev–Trinajstić information content (AvgIpc) is 2.78. The molecule has 1 heterocycles. The van der Waals surface area contributed by atoms with Crippen molar-refractivity contribution in [3.8, 4) is 0 Å². The van der Waals surface area contributed by atoms with Crippen LogP contribution in [0, 0.1) is 13.8 Å². The van der Waals surface area contributed by atoms with E-state index >= 15 is 0 Å². The number of carboxylic acids is 1. The highest BCUT2D eigenvalue weighted by atomic mass is 16.4. The van der Waals surface area contributed by atoms with E-state index in [4.69, 9.17) is 0 Å². The maximum absolute atomic E-state index is 12.6. The number of hydrogen-bond acceptors (Lipinski definition) is 5. The highest BCUT2D eigenvalue weighted by molar-refractivity contribution is 5.99. The predicted octanol–water partition coefficient (Wildman–Crippen LogP) is 4.15. The smallest absolute Gasteiger partial charge is 0.326 e. The van der Waals surface area contributed by atoms with Crippen molar-refractivity contribution in [1.82, 2.24) is 15.3 Å². The first-order chi connectivity index (χ1) is 15.4. The molecule has 0 aliphatic carbocycles. The van der Waals surface area contributed by atoms with Gasteiger partial charge in [0.15, 0.2) is 0 Å². The summed E-state index contributed by atoms with van der Waals surface area (Å²) in [6.45, 7) is 3.67. The number of aliphatic carboxylic acids is 1. The Bertz CT molecular complexity index is 1090. The van der Waals surface area contributed by atoms with Gasteiger partial charge in [-0.25, -0.2) is 14.8 Å². The fourth-order valence-electron chi connectivity index (χ4n) is 3.35. The van der Waals surface area contributed by atoms with E-state index in [1.807, 2.05) is 74.3 Å². The molecule has 0 radical (unpaired) electrons. The van der Waals surface area contributed by atoms with Crippen molar-refractivity contribution in [1.29, 1.82) is 0 Å². The van der Waals surface area contributed by atoms with Crippen LogP contribution in [0.4, 0.5) is 11.6 Å². The lowest BCUT2D eigenvalue weighted by Gasteiger charge is -2.16. The molecule has 0 saturated heterocycles. The van der Waals surface area contributed by atoms with Gasteiger partial charge in [-0.15, -0.1) is 0 Å². The van der Waals surface area contributed by atoms with Crippen LogP contribution in [0.15, 0.2) is 67.0 Å². The fraction of sp³-hybridized carbons (Fsp3) is 0.200. The van der Waals surface area contributed by atoms with Crippen LogP contribution in [0.3, 0.4) is 0 Å². The molecule has 1 atom stereocenters. The number of carbonyl (C=O) groups excluding carboxylic acids is 1. The van der Waals surface area contributed by atoms with Crippen LogP contribution in [0.25, 0.3) is 6.08 Å². The molecule has 0 saturated carbocycles. The SMILES string of the molecule is Cc1cccc(C)c1C(=O)NC(C/C=C/c1ccc(N(C)c2ncccn2)cc1)C(=O)O. The lowest BCUT2D eigenvalue weighted by molar-refractivity contribution is -0.139. The second kappa shape index (κ2) is 10.3. The van der Waals surface area contributed by atoms with E-state index < -0.39 is 12.0 Å². The van der Waals surface area contributed by atoms with Gasteiger partial charge in [0.2, 0.25) is 5.95 Å². The minimum Gasteiger partial charge on any atom is -0.480 e. The number of benzene rings is 2. The molecule has 164 valence electrons. The predicted molar refractivity (Wildman–Crippen MR) is 125 cm³/mol. The number of nitrogens with one attached hydrogen (secondary N) is 1. The average molecular weight is 431 g/mol. The van der Waals surface area contributed by atoms with Crippen molar-refractivity contribution < 1.29 is 14.7 Å². The summed E-state index contributed by atoms with van der Waals surface area (Å²) in [7, 11) is 1.89. The van der Waals surface area contributed by atoms with E-state index in [1.54, 1.807) is 24.5 Å². The van der Waals surface area contributed by atoms with Crippen LogP contribution in [0.1, 0.15) is 33.5 Å². The zero-order chi connectivity index (χ0) is 23.1. The number of nitrogens with zero attached hydrogens (tertiary/aromatic N) is 3. The number of hydrogen-bond donors (Lipinski definition) is 2. The van der Waals surface area contributed by atoms with E-state index in [2.05, 4.69) is 15.3 Å². The summed E-state index contributed by atoms with van der Waals surface area (Å²) in [5, 5.41) is 12.2. The van der Waals surface area contributed by atoms with Crippen molar-refractivity contribution in [3.63, 3.8) is 0 Å². The Morgan fingerprint density at radius 2 is 1.66 bits per heavy atom. The molecule has 7 heteroatoms. The number of amides is 1. The number of carboxylic acid groups (broad SMARTS) is 1. The highest BCUT2D eigenvalue weighted by Gasteiger charge is 2.21. The van der Waals surface area contributed by atoms with Crippen LogP contribution >= 0.6 is 0 Å².